The van der Waals surface area contributed by atoms with Gasteiger partial charge in [-0.2, -0.15) is 0 Å². The number of hydrogen-bond donors (Lipinski definition) is 3. The summed E-state index contributed by atoms with van der Waals surface area (Å²) in [5, 5.41) is 10.5. The summed E-state index contributed by atoms with van der Waals surface area (Å²) in [5.74, 6) is 0.112. The number of anilines is 2. The monoisotopic (exact) mass is 475 g/mol. The molecule has 1 aliphatic rings. The van der Waals surface area contributed by atoms with Gasteiger partial charge in [-0.3, -0.25) is 4.79 Å². The molecule has 170 valence electrons. The molecule has 3 aromatic rings. The fourth-order valence-corrected chi connectivity index (χ4v) is 4.53. The van der Waals surface area contributed by atoms with Crippen LogP contribution in [0.2, 0.25) is 0 Å². The van der Waals surface area contributed by atoms with E-state index in [1.165, 1.54) is 17.4 Å². The molecule has 2 aromatic heterocycles. The van der Waals surface area contributed by atoms with Gasteiger partial charge in [0.2, 0.25) is 5.95 Å². The van der Waals surface area contributed by atoms with Crippen molar-refractivity contribution in [3.05, 3.63) is 35.9 Å². The van der Waals surface area contributed by atoms with E-state index in [0.717, 1.165) is 22.7 Å². The van der Waals surface area contributed by atoms with Crippen LogP contribution in [0, 0.1) is 11.7 Å². The number of benzene rings is 1. The van der Waals surface area contributed by atoms with Crippen LogP contribution in [-0.4, -0.2) is 71.3 Å². The smallest absolute Gasteiger partial charge is 0.256 e. The molecule has 1 amide bonds. The molecule has 0 radical (unpaired) electrons. The highest BCUT2D eigenvalue weighted by Gasteiger charge is 2.22. The minimum atomic E-state index is -0.499. The van der Waals surface area contributed by atoms with Crippen molar-refractivity contribution in [3.63, 3.8) is 0 Å². The second kappa shape index (κ2) is 10.4. The maximum Gasteiger partial charge on any atom is 0.256 e. The molecule has 3 heterocycles. The summed E-state index contributed by atoms with van der Waals surface area (Å²) in [7, 11) is 0. The van der Waals surface area contributed by atoms with E-state index in [1.807, 2.05) is 6.26 Å². The predicted molar refractivity (Wildman–Crippen MR) is 128 cm³/mol. The predicted octanol–water partition coefficient (Wildman–Crippen LogP) is 3.15. The van der Waals surface area contributed by atoms with Crippen molar-refractivity contribution < 1.29 is 9.18 Å². The van der Waals surface area contributed by atoms with Crippen LogP contribution in [0.25, 0.3) is 10.2 Å². The Labute approximate surface area is 194 Å². The van der Waals surface area contributed by atoms with Crippen LogP contribution < -0.4 is 16.0 Å². The second-order valence-corrected chi connectivity index (χ2v) is 9.58. The van der Waals surface area contributed by atoms with Crippen LogP contribution in [0.5, 0.6) is 0 Å². The number of thiazole rings is 1. The number of carbonyl (C=O) groups excluding carboxylic acids is 1. The van der Waals surface area contributed by atoms with Crippen LogP contribution in [0.1, 0.15) is 17.3 Å². The highest BCUT2D eigenvalue weighted by atomic mass is 32.2. The van der Waals surface area contributed by atoms with Crippen molar-refractivity contribution in [1.29, 1.82) is 0 Å². The fraction of sp³-hybridized carbons (Fsp3) is 0.429. The first kappa shape index (κ1) is 22.7. The molecule has 1 aliphatic heterocycles. The Morgan fingerprint density at radius 2 is 1.97 bits per heavy atom. The molecule has 32 heavy (non-hydrogen) atoms. The summed E-state index contributed by atoms with van der Waals surface area (Å²) in [5.41, 5.74) is 0.715. The Bertz CT molecular complexity index is 1070. The maximum absolute atomic E-state index is 14.6. The number of thioether (sulfide) groups is 1. The number of nitrogens with one attached hydrogen (secondary N) is 3. The standard InChI is InChI=1S/C21H26FN7OS2/c1-13(9-24-20-25-11-14(31-2)12-26-20)10-27-21-28-17-7-15(16(22)8-18(17)32-21)19(30)29-5-3-23-4-6-29/h7-8,11-13,23H,3-6,9-10H2,1-2H3,(H,27,28)(H,24,25,26)/t13-/m0/s1. The summed E-state index contributed by atoms with van der Waals surface area (Å²) in [4.78, 5) is 28.6. The molecular formula is C21H26FN7OS2. The molecule has 8 nitrogen and oxygen atoms in total. The summed E-state index contributed by atoms with van der Waals surface area (Å²) in [6, 6.07) is 2.98. The second-order valence-electron chi connectivity index (χ2n) is 7.67. The van der Waals surface area contributed by atoms with E-state index in [1.54, 1.807) is 35.1 Å². The SMILES string of the molecule is CSc1cnc(NC[C@H](C)CNc2nc3cc(C(=O)N4CCNCC4)c(F)cc3s2)nc1. The quantitative estimate of drug-likeness (QED) is 0.428. The van der Waals surface area contributed by atoms with Gasteiger partial charge in [0, 0.05) is 56.6 Å². The van der Waals surface area contributed by atoms with E-state index in [4.69, 9.17) is 0 Å². The van der Waals surface area contributed by atoms with Gasteiger partial charge in [-0.25, -0.2) is 19.3 Å². The van der Waals surface area contributed by atoms with Gasteiger partial charge in [0.25, 0.3) is 5.91 Å². The lowest BCUT2D eigenvalue weighted by Gasteiger charge is -2.27. The van der Waals surface area contributed by atoms with E-state index in [0.29, 0.717) is 42.8 Å². The van der Waals surface area contributed by atoms with Gasteiger partial charge in [-0.05, 0) is 24.3 Å². The van der Waals surface area contributed by atoms with Gasteiger partial charge in [-0.1, -0.05) is 18.3 Å². The van der Waals surface area contributed by atoms with E-state index in [2.05, 4.69) is 37.8 Å². The minimum absolute atomic E-state index is 0.0845. The van der Waals surface area contributed by atoms with Crippen molar-refractivity contribution in [2.75, 3.05) is 56.2 Å². The zero-order valence-corrected chi connectivity index (χ0v) is 19.7. The summed E-state index contributed by atoms with van der Waals surface area (Å²) in [6.07, 6.45) is 5.58. The first-order valence-corrected chi connectivity index (χ1v) is 12.5. The first-order chi connectivity index (χ1) is 15.5. The molecule has 0 aliphatic carbocycles. The van der Waals surface area contributed by atoms with E-state index in [9.17, 15) is 9.18 Å². The van der Waals surface area contributed by atoms with Crippen LogP contribution in [0.4, 0.5) is 15.5 Å². The van der Waals surface area contributed by atoms with Gasteiger partial charge in [-0.15, -0.1) is 11.8 Å². The van der Waals surface area contributed by atoms with E-state index < -0.39 is 5.82 Å². The number of hydrogen-bond acceptors (Lipinski definition) is 9. The highest BCUT2D eigenvalue weighted by molar-refractivity contribution is 7.98. The van der Waals surface area contributed by atoms with Gasteiger partial charge >= 0.3 is 0 Å². The van der Waals surface area contributed by atoms with Gasteiger partial charge in [0.05, 0.1) is 15.8 Å². The molecule has 11 heteroatoms. The number of nitrogens with zero attached hydrogens (tertiary/aromatic N) is 4. The van der Waals surface area contributed by atoms with Crippen molar-refractivity contribution in [1.82, 2.24) is 25.2 Å². The Kier molecular flexibility index (Phi) is 7.38. The third kappa shape index (κ3) is 5.45. The summed E-state index contributed by atoms with van der Waals surface area (Å²) >= 11 is 2.99. The van der Waals surface area contributed by atoms with Gasteiger partial charge in [0.15, 0.2) is 5.13 Å². The zero-order chi connectivity index (χ0) is 22.5. The van der Waals surface area contributed by atoms with Gasteiger partial charge < -0.3 is 20.9 Å². The number of rotatable bonds is 8. The molecular weight excluding hydrogens is 449 g/mol. The zero-order valence-electron chi connectivity index (χ0n) is 18.0. The number of aromatic nitrogens is 3. The molecule has 1 fully saturated rings. The lowest BCUT2D eigenvalue weighted by molar-refractivity contribution is 0.0731. The first-order valence-electron chi connectivity index (χ1n) is 10.5. The normalized spacial score (nSPS) is 15.0. The molecule has 0 saturated carbocycles. The van der Waals surface area contributed by atoms with E-state index >= 15 is 0 Å². The Balaban J connectivity index is 1.35. The topological polar surface area (TPSA) is 95.1 Å². The highest BCUT2D eigenvalue weighted by Crippen LogP contribution is 2.29. The molecule has 1 saturated heterocycles. The van der Waals surface area contributed by atoms with Gasteiger partial charge in [0.1, 0.15) is 5.82 Å². The minimum Gasteiger partial charge on any atom is -0.361 e. The van der Waals surface area contributed by atoms with Crippen LogP contribution in [-0.2, 0) is 0 Å². The number of halogens is 1. The average molecular weight is 476 g/mol. The summed E-state index contributed by atoms with van der Waals surface area (Å²) in [6.45, 7) is 6.11. The molecule has 1 atom stereocenters. The average Bonchev–Trinajstić information content (AvgIpc) is 3.23. The van der Waals surface area contributed by atoms with Crippen molar-refractivity contribution in [2.24, 2.45) is 5.92 Å². The number of amides is 1. The molecule has 1 aromatic carbocycles. The largest absolute Gasteiger partial charge is 0.361 e. The van der Waals surface area contributed by atoms with Crippen molar-refractivity contribution in [3.8, 4) is 0 Å². The molecule has 4 rings (SSSR count). The van der Waals surface area contributed by atoms with Crippen molar-refractivity contribution in [2.45, 2.75) is 11.8 Å². The maximum atomic E-state index is 14.6. The Hall–Kier alpha value is -2.50. The lowest BCUT2D eigenvalue weighted by Crippen LogP contribution is -2.46. The van der Waals surface area contributed by atoms with Crippen molar-refractivity contribution >= 4 is 50.3 Å². The molecule has 0 bridgehead atoms. The van der Waals surface area contributed by atoms with Crippen LogP contribution in [0.15, 0.2) is 29.4 Å². The number of fused-ring (bicyclic) bond motifs is 1. The number of carbonyl (C=O) groups is 1. The Morgan fingerprint density at radius 1 is 1.25 bits per heavy atom. The van der Waals surface area contributed by atoms with Crippen LogP contribution in [0.3, 0.4) is 0 Å². The molecule has 0 unspecified atom stereocenters. The van der Waals surface area contributed by atoms with Crippen LogP contribution >= 0.6 is 23.1 Å². The third-order valence-corrected chi connectivity index (χ3v) is 6.84. The molecule has 3 N–H and O–H groups in total. The molecule has 0 spiro atoms. The third-order valence-electron chi connectivity index (χ3n) is 5.19. The Morgan fingerprint density at radius 3 is 2.69 bits per heavy atom. The lowest BCUT2D eigenvalue weighted by atomic mass is 10.1. The fourth-order valence-electron chi connectivity index (χ4n) is 3.34. The summed E-state index contributed by atoms with van der Waals surface area (Å²) < 4.78 is 15.3. The van der Waals surface area contributed by atoms with E-state index in [-0.39, 0.29) is 17.4 Å². The number of piperazine rings is 1.